The normalized spacial score (nSPS) is 20.7. The fraction of sp³-hybridized carbons (Fsp3) is 0.636. The Hall–Kier alpha value is -1.37. The molecule has 1 aromatic rings. The first-order chi connectivity index (χ1) is 8.55. The van der Waals surface area contributed by atoms with Gasteiger partial charge in [-0.2, -0.15) is 13.2 Å². The number of piperidine rings is 1. The van der Waals surface area contributed by atoms with Crippen LogP contribution in [0.1, 0.15) is 18.5 Å². The maximum absolute atomic E-state index is 12.4. The summed E-state index contributed by atoms with van der Waals surface area (Å²) in [5.41, 5.74) is -0.915. The third kappa shape index (κ3) is 3.56. The van der Waals surface area contributed by atoms with E-state index in [1.54, 1.807) is 0 Å². The largest absolute Gasteiger partial charge is 0.433 e. The van der Waals surface area contributed by atoms with E-state index >= 15 is 0 Å². The second kappa shape index (κ2) is 5.51. The van der Waals surface area contributed by atoms with Crippen molar-refractivity contribution in [2.45, 2.75) is 19.0 Å². The monoisotopic (exact) mass is 260 g/mol. The fourth-order valence-electron chi connectivity index (χ4n) is 1.94. The number of anilines is 1. The molecule has 18 heavy (non-hydrogen) atoms. The van der Waals surface area contributed by atoms with Crippen LogP contribution in [0.4, 0.5) is 19.1 Å². The van der Waals surface area contributed by atoms with Crippen LogP contribution in [0.15, 0.2) is 12.3 Å². The smallest absolute Gasteiger partial charge is 0.354 e. The molecule has 1 unspecified atom stereocenters. The van der Waals surface area contributed by atoms with Gasteiger partial charge in [-0.3, -0.25) is 0 Å². The molecule has 1 aromatic heterocycles. The molecule has 4 nitrogen and oxygen atoms in total. The van der Waals surface area contributed by atoms with Crippen molar-refractivity contribution in [1.82, 2.24) is 15.3 Å². The van der Waals surface area contributed by atoms with E-state index < -0.39 is 11.9 Å². The van der Waals surface area contributed by atoms with Crippen molar-refractivity contribution in [1.29, 1.82) is 0 Å². The van der Waals surface area contributed by atoms with Crippen molar-refractivity contribution >= 4 is 5.95 Å². The summed E-state index contributed by atoms with van der Waals surface area (Å²) in [6.45, 7) is 2.48. The maximum Gasteiger partial charge on any atom is 0.433 e. The van der Waals surface area contributed by atoms with Gasteiger partial charge in [0, 0.05) is 12.7 Å². The lowest BCUT2D eigenvalue weighted by atomic mass is 10.00. The van der Waals surface area contributed by atoms with Gasteiger partial charge in [0.15, 0.2) is 0 Å². The maximum atomic E-state index is 12.4. The van der Waals surface area contributed by atoms with Gasteiger partial charge in [0.25, 0.3) is 0 Å². The van der Waals surface area contributed by atoms with Crippen LogP contribution < -0.4 is 10.6 Å². The molecule has 1 fully saturated rings. The van der Waals surface area contributed by atoms with E-state index in [-0.39, 0.29) is 5.95 Å². The predicted molar refractivity (Wildman–Crippen MR) is 61.1 cm³/mol. The van der Waals surface area contributed by atoms with E-state index in [2.05, 4.69) is 20.6 Å². The fourth-order valence-corrected chi connectivity index (χ4v) is 1.94. The van der Waals surface area contributed by atoms with E-state index in [9.17, 15) is 13.2 Å². The summed E-state index contributed by atoms with van der Waals surface area (Å²) in [6, 6.07) is 0.868. The summed E-state index contributed by atoms with van der Waals surface area (Å²) < 4.78 is 37.3. The van der Waals surface area contributed by atoms with Crippen LogP contribution in [-0.2, 0) is 6.18 Å². The van der Waals surface area contributed by atoms with E-state index in [0.29, 0.717) is 12.5 Å². The lowest BCUT2D eigenvalue weighted by Crippen LogP contribution is -2.33. The molecule has 0 bridgehead atoms. The minimum Gasteiger partial charge on any atom is -0.354 e. The number of nitrogens with one attached hydrogen (secondary N) is 2. The minimum atomic E-state index is -4.42. The summed E-state index contributed by atoms with van der Waals surface area (Å²) in [5, 5.41) is 6.11. The Labute approximate surface area is 103 Å². The zero-order valence-electron chi connectivity index (χ0n) is 9.80. The molecule has 2 N–H and O–H groups in total. The number of nitrogens with zero attached hydrogens (tertiary/aromatic N) is 2. The molecule has 0 saturated carbocycles. The van der Waals surface area contributed by atoms with Gasteiger partial charge < -0.3 is 10.6 Å². The Bertz CT molecular complexity index is 388. The molecular formula is C11H15F3N4. The summed E-state index contributed by atoms with van der Waals surface area (Å²) >= 11 is 0. The number of alkyl halides is 3. The molecule has 1 atom stereocenters. The van der Waals surface area contributed by atoms with Gasteiger partial charge >= 0.3 is 6.18 Å². The molecule has 2 heterocycles. The van der Waals surface area contributed by atoms with Gasteiger partial charge in [-0.05, 0) is 37.9 Å². The molecule has 0 aliphatic carbocycles. The average Bonchev–Trinajstić information content (AvgIpc) is 2.37. The highest BCUT2D eigenvalue weighted by molar-refractivity contribution is 5.26. The topological polar surface area (TPSA) is 49.8 Å². The Balaban J connectivity index is 1.92. The average molecular weight is 260 g/mol. The van der Waals surface area contributed by atoms with Gasteiger partial charge in [-0.15, -0.1) is 0 Å². The van der Waals surface area contributed by atoms with Crippen LogP contribution in [0.3, 0.4) is 0 Å². The molecule has 0 amide bonds. The van der Waals surface area contributed by atoms with Crippen molar-refractivity contribution in [2.24, 2.45) is 5.92 Å². The summed E-state index contributed by atoms with van der Waals surface area (Å²) in [7, 11) is 0. The van der Waals surface area contributed by atoms with Gasteiger partial charge in [-0.1, -0.05) is 0 Å². The summed E-state index contributed by atoms with van der Waals surface area (Å²) in [5.74, 6) is 0.451. The molecular weight excluding hydrogens is 245 g/mol. The van der Waals surface area contributed by atoms with Crippen LogP contribution >= 0.6 is 0 Å². The van der Waals surface area contributed by atoms with Crippen molar-refractivity contribution in [3.05, 3.63) is 18.0 Å². The van der Waals surface area contributed by atoms with E-state index in [1.807, 2.05) is 0 Å². The SMILES string of the molecule is FC(F)(F)c1ccnc(NCC2CCCNC2)n1. The second-order valence-corrected chi connectivity index (χ2v) is 4.36. The molecule has 0 spiro atoms. The lowest BCUT2D eigenvalue weighted by molar-refractivity contribution is -0.141. The third-order valence-corrected chi connectivity index (χ3v) is 2.89. The van der Waals surface area contributed by atoms with E-state index in [4.69, 9.17) is 0 Å². The second-order valence-electron chi connectivity index (χ2n) is 4.36. The highest BCUT2D eigenvalue weighted by Gasteiger charge is 2.32. The molecule has 0 radical (unpaired) electrons. The number of rotatable bonds is 3. The van der Waals surface area contributed by atoms with Crippen LogP contribution in [0.25, 0.3) is 0 Å². The van der Waals surface area contributed by atoms with Gasteiger partial charge in [-0.25, -0.2) is 9.97 Å². The van der Waals surface area contributed by atoms with Crippen molar-refractivity contribution < 1.29 is 13.2 Å². The highest BCUT2D eigenvalue weighted by atomic mass is 19.4. The van der Waals surface area contributed by atoms with Crippen molar-refractivity contribution in [3.63, 3.8) is 0 Å². The standard InChI is InChI=1S/C11H15F3N4/c12-11(13,14)9-3-5-16-10(18-9)17-7-8-2-1-4-15-6-8/h3,5,8,15H,1-2,4,6-7H2,(H,16,17,18). The van der Waals surface area contributed by atoms with Crippen LogP contribution in [0.5, 0.6) is 0 Å². The highest BCUT2D eigenvalue weighted by Crippen LogP contribution is 2.27. The number of hydrogen-bond acceptors (Lipinski definition) is 4. The Morgan fingerprint density at radius 3 is 2.94 bits per heavy atom. The predicted octanol–water partition coefficient (Wildman–Crippen LogP) is 1.91. The van der Waals surface area contributed by atoms with Gasteiger partial charge in [0.05, 0.1) is 0 Å². The number of halogens is 3. The number of aromatic nitrogens is 2. The van der Waals surface area contributed by atoms with E-state index in [0.717, 1.165) is 38.2 Å². The molecule has 1 saturated heterocycles. The van der Waals surface area contributed by atoms with Crippen LogP contribution in [0.2, 0.25) is 0 Å². The lowest BCUT2D eigenvalue weighted by Gasteiger charge is -2.22. The zero-order chi connectivity index (χ0) is 13.0. The Kier molecular flexibility index (Phi) is 4.00. The first-order valence-electron chi connectivity index (χ1n) is 5.90. The van der Waals surface area contributed by atoms with E-state index in [1.165, 1.54) is 0 Å². The molecule has 7 heteroatoms. The molecule has 1 aliphatic heterocycles. The van der Waals surface area contributed by atoms with Gasteiger partial charge in [0.1, 0.15) is 5.69 Å². The zero-order valence-corrected chi connectivity index (χ0v) is 9.80. The third-order valence-electron chi connectivity index (χ3n) is 2.89. The van der Waals surface area contributed by atoms with Crippen molar-refractivity contribution in [2.75, 3.05) is 25.0 Å². The first kappa shape index (κ1) is 13.1. The summed E-state index contributed by atoms with van der Waals surface area (Å²) in [6.07, 6.45) is -1.14. The minimum absolute atomic E-state index is 0.0374. The summed E-state index contributed by atoms with van der Waals surface area (Å²) in [4.78, 5) is 7.26. The Morgan fingerprint density at radius 1 is 1.44 bits per heavy atom. The molecule has 100 valence electrons. The molecule has 1 aliphatic rings. The van der Waals surface area contributed by atoms with Crippen LogP contribution in [-0.4, -0.2) is 29.6 Å². The van der Waals surface area contributed by atoms with Crippen molar-refractivity contribution in [3.8, 4) is 0 Å². The molecule has 2 rings (SSSR count). The van der Waals surface area contributed by atoms with Gasteiger partial charge in [0.2, 0.25) is 5.95 Å². The number of hydrogen-bond donors (Lipinski definition) is 2. The molecule has 0 aromatic carbocycles. The van der Waals surface area contributed by atoms with Crippen LogP contribution in [0, 0.1) is 5.92 Å². The first-order valence-corrected chi connectivity index (χ1v) is 5.90. The quantitative estimate of drug-likeness (QED) is 0.871. The Morgan fingerprint density at radius 2 is 2.28 bits per heavy atom.